The van der Waals surface area contributed by atoms with Gasteiger partial charge < -0.3 is 5.32 Å². The third-order valence-electron chi connectivity index (χ3n) is 3.80. The van der Waals surface area contributed by atoms with Crippen molar-refractivity contribution in [1.82, 2.24) is 10.2 Å². The quantitative estimate of drug-likeness (QED) is 0.729. The molecule has 1 fully saturated rings. The molecule has 1 aliphatic rings. The van der Waals surface area contributed by atoms with E-state index < -0.39 is 0 Å². The minimum atomic E-state index is 0.726. The normalized spacial score (nSPS) is 29.8. The van der Waals surface area contributed by atoms with Crippen LogP contribution in [0.4, 0.5) is 0 Å². The van der Waals surface area contributed by atoms with Gasteiger partial charge in [0, 0.05) is 18.1 Å². The summed E-state index contributed by atoms with van der Waals surface area (Å²) in [5.74, 6) is 0. The van der Waals surface area contributed by atoms with Crippen molar-refractivity contribution in [2.24, 2.45) is 0 Å². The molecule has 84 valence electrons. The lowest BCUT2D eigenvalue weighted by Gasteiger charge is -2.36. The smallest absolute Gasteiger partial charge is 0.0251 e. The summed E-state index contributed by atoms with van der Waals surface area (Å²) in [6.45, 7) is 8.13. The van der Waals surface area contributed by atoms with E-state index in [1.54, 1.807) is 0 Å². The van der Waals surface area contributed by atoms with Crippen LogP contribution in [0.15, 0.2) is 0 Å². The van der Waals surface area contributed by atoms with Gasteiger partial charge in [0.2, 0.25) is 0 Å². The highest BCUT2D eigenvalue weighted by molar-refractivity contribution is 4.90. The Morgan fingerprint density at radius 1 is 1.36 bits per heavy atom. The minimum Gasteiger partial charge on any atom is -0.315 e. The van der Waals surface area contributed by atoms with E-state index in [1.807, 2.05) is 0 Å². The molecular weight excluding hydrogens is 172 g/mol. The first-order valence-corrected chi connectivity index (χ1v) is 6.17. The summed E-state index contributed by atoms with van der Waals surface area (Å²) < 4.78 is 0. The zero-order valence-corrected chi connectivity index (χ0v) is 10.2. The molecule has 0 amide bonds. The van der Waals surface area contributed by atoms with E-state index in [-0.39, 0.29) is 0 Å². The topological polar surface area (TPSA) is 15.3 Å². The van der Waals surface area contributed by atoms with Crippen LogP contribution in [0.3, 0.4) is 0 Å². The van der Waals surface area contributed by atoms with Crippen LogP contribution >= 0.6 is 0 Å². The van der Waals surface area contributed by atoms with Gasteiger partial charge in [-0.1, -0.05) is 20.3 Å². The van der Waals surface area contributed by atoms with E-state index in [2.05, 4.69) is 38.0 Å². The molecule has 0 aromatic carbocycles. The van der Waals surface area contributed by atoms with Crippen molar-refractivity contribution >= 4 is 0 Å². The van der Waals surface area contributed by atoms with Crippen molar-refractivity contribution in [3.05, 3.63) is 0 Å². The van der Waals surface area contributed by atoms with Gasteiger partial charge in [0.25, 0.3) is 0 Å². The molecule has 0 heterocycles. The molecule has 0 saturated heterocycles. The van der Waals surface area contributed by atoms with E-state index in [1.165, 1.54) is 32.2 Å². The van der Waals surface area contributed by atoms with E-state index >= 15 is 0 Å². The SMILES string of the molecule is CCC(C)N(CC)C1CCCC1NC. The average Bonchev–Trinajstić information content (AvgIpc) is 2.66. The minimum absolute atomic E-state index is 0.726. The molecule has 0 aromatic rings. The highest BCUT2D eigenvalue weighted by Gasteiger charge is 2.31. The summed E-state index contributed by atoms with van der Waals surface area (Å²) in [5, 5.41) is 3.47. The lowest BCUT2D eigenvalue weighted by atomic mass is 10.1. The van der Waals surface area contributed by atoms with Gasteiger partial charge >= 0.3 is 0 Å². The van der Waals surface area contributed by atoms with Crippen molar-refractivity contribution in [2.45, 2.75) is 64.6 Å². The predicted octanol–water partition coefficient (Wildman–Crippen LogP) is 2.25. The van der Waals surface area contributed by atoms with Crippen molar-refractivity contribution in [1.29, 1.82) is 0 Å². The largest absolute Gasteiger partial charge is 0.315 e. The fourth-order valence-electron chi connectivity index (χ4n) is 2.78. The third kappa shape index (κ3) is 2.48. The fraction of sp³-hybridized carbons (Fsp3) is 1.00. The van der Waals surface area contributed by atoms with E-state index in [0.29, 0.717) is 0 Å². The Morgan fingerprint density at radius 2 is 2.07 bits per heavy atom. The van der Waals surface area contributed by atoms with Gasteiger partial charge in [-0.05, 0) is 39.8 Å². The Bertz CT molecular complexity index is 158. The van der Waals surface area contributed by atoms with Gasteiger partial charge in [0.1, 0.15) is 0 Å². The molecule has 1 saturated carbocycles. The molecule has 3 atom stereocenters. The van der Waals surface area contributed by atoms with Gasteiger partial charge in [-0.25, -0.2) is 0 Å². The van der Waals surface area contributed by atoms with E-state index in [0.717, 1.165) is 18.1 Å². The van der Waals surface area contributed by atoms with Gasteiger partial charge in [0.15, 0.2) is 0 Å². The Labute approximate surface area is 89.1 Å². The molecule has 2 heteroatoms. The molecule has 14 heavy (non-hydrogen) atoms. The van der Waals surface area contributed by atoms with Crippen LogP contribution in [0.25, 0.3) is 0 Å². The number of rotatable bonds is 5. The van der Waals surface area contributed by atoms with Crippen LogP contribution in [-0.2, 0) is 0 Å². The molecule has 0 bridgehead atoms. The maximum Gasteiger partial charge on any atom is 0.0251 e. The molecule has 1 aliphatic carbocycles. The fourth-order valence-corrected chi connectivity index (χ4v) is 2.78. The first kappa shape index (κ1) is 12.0. The lowest BCUT2D eigenvalue weighted by Crippen LogP contribution is -2.49. The van der Waals surface area contributed by atoms with Crippen LogP contribution in [0.5, 0.6) is 0 Å². The summed E-state index contributed by atoms with van der Waals surface area (Å²) in [6.07, 6.45) is 5.39. The first-order chi connectivity index (χ1) is 6.74. The Morgan fingerprint density at radius 3 is 2.57 bits per heavy atom. The Hall–Kier alpha value is -0.0800. The van der Waals surface area contributed by atoms with Crippen LogP contribution in [0, 0.1) is 0 Å². The number of nitrogens with one attached hydrogen (secondary N) is 1. The molecule has 2 nitrogen and oxygen atoms in total. The molecule has 0 radical (unpaired) electrons. The summed E-state index contributed by atoms with van der Waals surface area (Å²) in [6, 6.07) is 2.24. The molecule has 0 aromatic heterocycles. The Balaban J connectivity index is 2.58. The van der Waals surface area contributed by atoms with Gasteiger partial charge in [-0.2, -0.15) is 0 Å². The van der Waals surface area contributed by atoms with Crippen LogP contribution in [0.2, 0.25) is 0 Å². The third-order valence-corrected chi connectivity index (χ3v) is 3.80. The zero-order valence-electron chi connectivity index (χ0n) is 10.2. The van der Waals surface area contributed by atoms with Gasteiger partial charge in [0.05, 0.1) is 0 Å². The number of hydrogen-bond donors (Lipinski definition) is 1. The number of hydrogen-bond acceptors (Lipinski definition) is 2. The summed E-state index contributed by atoms with van der Waals surface area (Å²) in [7, 11) is 2.10. The average molecular weight is 198 g/mol. The predicted molar refractivity (Wildman–Crippen MR) is 62.6 cm³/mol. The molecule has 1 N–H and O–H groups in total. The van der Waals surface area contributed by atoms with Crippen molar-refractivity contribution in [3.63, 3.8) is 0 Å². The van der Waals surface area contributed by atoms with Crippen molar-refractivity contribution in [3.8, 4) is 0 Å². The molecule has 0 aliphatic heterocycles. The molecule has 0 spiro atoms. The maximum atomic E-state index is 3.47. The number of likely N-dealkylation sites (N-methyl/N-ethyl adjacent to an activating group) is 2. The highest BCUT2D eigenvalue weighted by atomic mass is 15.2. The second-order valence-corrected chi connectivity index (χ2v) is 4.48. The van der Waals surface area contributed by atoms with Crippen LogP contribution < -0.4 is 5.32 Å². The van der Waals surface area contributed by atoms with E-state index in [4.69, 9.17) is 0 Å². The second-order valence-electron chi connectivity index (χ2n) is 4.48. The van der Waals surface area contributed by atoms with Gasteiger partial charge in [-0.15, -0.1) is 0 Å². The highest BCUT2D eigenvalue weighted by Crippen LogP contribution is 2.26. The Kier molecular flexibility index (Phi) is 4.90. The summed E-state index contributed by atoms with van der Waals surface area (Å²) >= 11 is 0. The molecule has 1 rings (SSSR count). The van der Waals surface area contributed by atoms with Crippen LogP contribution in [0.1, 0.15) is 46.5 Å². The van der Waals surface area contributed by atoms with Crippen molar-refractivity contribution in [2.75, 3.05) is 13.6 Å². The lowest BCUT2D eigenvalue weighted by molar-refractivity contribution is 0.132. The van der Waals surface area contributed by atoms with Crippen molar-refractivity contribution < 1.29 is 0 Å². The summed E-state index contributed by atoms with van der Waals surface area (Å²) in [4.78, 5) is 2.67. The maximum absolute atomic E-state index is 3.47. The first-order valence-electron chi connectivity index (χ1n) is 6.17. The molecule has 3 unspecified atom stereocenters. The summed E-state index contributed by atoms with van der Waals surface area (Å²) in [5.41, 5.74) is 0. The number of nitrogens with zero attached hydrogens (tertiary/aromatic N) is 1. The van der Waals surface area contributed by atoms with Crippen LogP contribution in [-0.4, -0.2) is 36.6 Å². The van der Waals surface area contributed by atoms with Gasteiger partial charge in [-0.3, -0.25) is 4.90 Å². The van der Waals surface area contributed by atoms with E-state index in [9.17, 15) is 0 Å². The second kappa shape index (κ2) is 5.72. The monoisotopic (exact) mass is 198 g/mol. The standard InChI is InChI=1S/C12H26N2/c1-5-10(3)14(6-2)12-9-7-8-11(12)13-4/h10-13H,5-9H2,1-4H3. The molecular formula is C12H26N2. The zero-order chi connectivity index (χ0) is 10.6.